The lowest BCUT2D eigenvalue weighted by atomic mass is 10.1. The number of aromatic nitrogens is 2. The second-order valence-corrected chi connectivity index (χ2v) is 6.31. The van der Waals surface area contributed by atoms with Gasteiger partial charge >= 0.3 is 6.03 Å². The lowest BCUT2D eigenvalue weighted by Crippen LogP contribution is -2.52. The van der Waals surface area contributed by atoms with Gasteiger partial charge in [-0.25, -0.2) is 4.79 Å². The van der Waals surface area contributed by atoms with Crippen molar-refractivity contribution in [2.45, 2.75) is 38.0 Å². The Morgan fingerprint density at radius 1 is 1.48 bits per heavy atom. The monoisotopic (exact) mass is 321 g/mol. The Bertz CT molecular complexity index is 547. The Hall–Kier alpha value is -2.09. The summed E-state index contributed by atoms with van der Waals surface area (Å²) in [5.41, 5.74) is 0. The molecule has 126 valence electrons. The summed E-state index contributed by atoms with van der Waals surface area (Å²) < 4.78 is 1.85. The number of hydrogen-bond acceptors (Lipinski definition) is 4. The third-order valence-corrected chi connectivity index (χ3v) is 4.48. The maximum atomic E-state index is 12.1. The molecular weight excluding hydrogens is 298 g/mol. The molecule has 2 heterocycles. The SMILES string of the molecule is O=C(CN1CCCNC1=O)N[C@@H]1CC(Cn2cccn2)C[C@H]1O. The summed E-state index contributed by atoms with van der Waals surface area (Å²) in [4.78, 5) is 25.3. The first-order valence-electron chi connectivity index (χ1n) is 8.09. The standard InChI is InChI=1S/C15H23N5O3/c21-13-8-11(9-20-6-2-4-17-20)7-12(13)18-14(22)10-19-5-1-3-16-15(19)23/h2,4,6,11-13,21H,1,3,5,7-10H2,(H,16,23)(H,18,22)/t11?,12-,13-/m1/s1. The van der Waals surface area contributed by atoms with E-state index in [-0.39, 0.29) is 30.4 Å². The number of nitrogens with zero attached hydrogens (tertiary/aromatic N) is 3. The number of hydrogen-bond donors (Lipinski definition) is 3. The number of carbonyl (C=O) groups excluding carboxylic acids is 2. The molecule has 1 saturated carbocycles. The third kappa shape index (κ3) is 4.01. The molecule has 2 aliphatic rings. The Balaban J connectivity index is 1.47. The number of rotatable bonds is 5. The van der Waals surface area contributed by atoms with Crippen molar-refractivity contribution in [2.75, 3.05) is 19.6 Å². The van der Waals surface area contributed by atoms with E-state index < -0.39 is 6.10 Å². The summed E-state index contributed by atoms with van der Waals surface area (Å²) in [6.45, 7) is 2.03. The average Bonchev–Trinajstić information content (AvgIpc) is 3.12. The molecule has 1 unspecified atom stereocenters. The Morgan fingerprint density at radius 2 is 2.35 bits per heavy atom. The fraction of sp³-hybridized carbons (Fsp3) is 0.667. The van der Waals surface area contributed by atoms with Gasteiger partial charge in [0.2, 0.25) is 5.91 Å². The summed E-state index contributed by atoms with van der Waals surface area (Å²) in [6, 6.07) is 1.42. The molecule has 1 aromatic heterocycles. The number of amides is 3. The first kappa shape index (κ1) is 15.8. The highest BCUT2D eigenvalue weighted by molar-refractivity contribution is 5.84. The van der Waals surface area contributed by atoms with Crippen molar-refractivity contribution >= 4 is 11.9 Å². The minimum Gasteiger partial charge on any atom is -0.391 e. The van der Waals surface area contributed by atoms with Crippen molar-refractivity contribution in [3.8, 4) is 0 Å². The summed E-state index contributed by atoms with van der Waals surface area (Å²) in [5, 5.41) is 19.9. The van der Waals surface area contributed by atoms with Crippen LogP contribution < -0.4 is 10.6 Å². The average molecular weight is 321 g/mol. The van der Waals surface area contributed by atoms with Crippen molar-refractivity contribution in [1.29, 1.82) is 0 Å². The summed E-state index contributed by atoms with van der Waals surface area (Å²) in [7, 11) is 0. The molecule has 1 aliphatic heterocycles. The van der Waals surface area contributed by atoms with Crippen LogP contribution in [0.25, 0.3) is 0 Å². The van der Waals surface area contributed by atoms with Crippen LogP contribution in [0.4, 0.5) is 4.79 Å². The molecule has 0 spiro atoms. The summed E-state index contributed by atoms with van der Waals surface area (Å²) in [5.74, 6) is 0.0688. The van der Waals surface area contributed by atoms with E-state index in [2.05, 4.69) is 15.7 Å². The van der Waals surface area contributed by atoms with Crippen molar-refractivity contribution < 1.29 is 14.7 Å². The number of carbonyl (C=O) groups is 2. The van der Waals surface area contributed by atoms with Crippen LogP contribution in [0.5, 0.6) is 0 Å². The normalized spacial score (nSPS) is 27.8. The molecule has 1 aromatic rings. The Morgan fingerprint density at radius 3 is 3.09 bits per heavy atom. The highest BCUT2D eigenvalue weighted by Gasteiger charge is 2.34. The van der Waals surface area contributed by atoms with Crippen LogP contribution in [-0.2, 0) is 11.3 Å². The van der Waals surface area contributed by atoms with Crippen LogP contribution in [-0.4, -0.2) is 63.5 Å². The van der Waals surface area contributed by atoms with Gasteiger partial charge in [-0.15, -0.1) is 0 Å². The van der Waals surface area contributed by atoms with Crippen LogP contribution in [0.1, 0.15) is 19.3 Å². The van der Waals surface area contributed by atoms with Gasteiger partial charge in [0.15, 0.2) is 0 Å². The van der Waals surface area contributed by atoms with Crippen molar-refractivity contribution in [3.05, 3.63) is 18.5 Å². The van der Waals surface area contributed by atoms with Gasteiger partial charge in [-0.05, 0) is 31.2 Å². The zero-order chi connectivity index (χ0) is 16.2. The van der Waals surface area contributed by atoms with Crippen molar-refractivity contribution in [3.63, 3.8) is 0 Å². The van der Waals surface area contributed by atoms with Gasteiger partial charge in [-0.2, -0.15) is 5.10 Å². The van der Waals surface area contributed by atoms with Crippen molar-refractivity contribution in [2.24, 2.45) is 5.92 Å². The van der Waals surface area contributed by atoms with E-state index in [9.17, 15) is 14.7 Å². The molecule has 3 rings (SSSR count). The van der Waals surface area contributed by atoms with E-state index >= 15 is 0 Å². The van der Waals surface area contributed by atoms with Gasteiger partial charge in [-0.1, -0.05) is 0 Å². The number of aliphatic hydroxyl groups excluding tert-OH is 1. The molecule has 3 N–H and O–H groups in total. The van der Waals surface area contributed by atoms with Gasteiger partial charge in [-0.3, -0.25) is 9.48 Å². The first-order chi connectivity index (χ1) is 11.1. The lowest BCUT2D eigenvalue weighted by molar-refractivity contribution is -0.123. The predicted molar refractivity (Wildman–Crippen MR) is 82.5 cm³/mol. The van der Waals surface area contributed by atoms with Crippen LogP contribution in [0, 0.1) is 5.92 Å². The van der Waals surface area contributed by atoms with Gasteiger partial charge in [0.05, 0.1) is 12.1 Å². The second-order valence-electron chi connectivity index (χ2n) is 6.31. The molecule has 0 radical (unpaired) electrons. The summed E-state index contributed by atoms with van der Waals surface area (Å²) in [6.07, 6.45) is 5.29. The maximum absolute atomic E-state index is 12.1. The topological polar surface area (TPSA) is 99.5 Å². The van der Waals surface area contributed by atoms with Crippen molar-refractivity contribution in [1.82, 2.24) is 25.3 Å². The van der Waals surface area contributed by atoms with Gasteiger partial charge in [0.1, 0.15) is 6.54 Å². The zero-order valence-electron chi connectivity index (χ0n) is 13.0. The quantitative estimate of drug-likeness (QED) is 0.684. The number of aliphatic hydroxyl groups is 1. The van der Waals surface area contributed by atoms with Gasteiger partial charge in [0, 0.05) is 32.0 Å². The van der Waals surface area contributed by atoms with Crippen LogP contribution in [0.2, 0.25) is 0 Å². The third-order valence-electron chi connectivity index (χ3n) is 4.48. The van der Waals surface area contributed by atoms with E-state index in [4.69, 9.17) is 0 Å². The Labute approximate surface area is 134 Å². The molecule has 8 nitrogen and oxygen atoms in total. The largest absolute Gasteiger partial charge is 0.391 e. The predicted octanol–water partition coefficient (Wildman–Crippen LogP) is -0.446. The molecule has 8 heteroatoms. The van der Waals surface area contributed by atoms with E-state index in [1.54, 1.807) is 6.20 Å². The lowest BCUT2D eigenvalue weighted by Gasteiger charge is -2.27. The fourth-order valence-electron chi connectivity index (χ4n) is 3.35. The van der Waals surface area contributed by atoms with E-state index in [1.807, 2.05) is 16.9 Å². The molecular formula is C15H23N5O3. The molecule has 3 atom stereocenters. The highest BCUT2D eigenvalue weighted by Crippen LogP contribution is 2.27. The molecule has 2 fully saturated rings. The molecule has 3 amide bonds. The summed E-state index contributed by atoms with van der Waals surface area (Å²) >= 11 is 0. The van der Waals surface area contributed by atoms with E-state index in [1.165, 1.54) is 4.90 Å². The number of urea groups is 1. The van der Waals surface area contributed by atoms with E-state index in [0.29, 0.717) is 19.5 Å². The molecule has 0 aromatic carbocycles. The molecule has 0 bridgehead atoms. The van der Waals surface area contributed by atoms with Crippen LogP contribution in [0.3, 0.4) is 0 Å². The van der Waals surface area contributed by atoms with Crippen LogP contribution >= 0.6 is 0 Å². The maximum Gasteiger partial charge on any atom is 0.317 e. The van der Waals surface area contributed by atoms with E-state index in [0.717, 1.165) is 19.4 Å². The Kier molecular flexibility index (Phi) is 4.80. The molecule has 1 saturated heterocycles. The minimum absolute atomic E-state index is 0.0406. The fourth-order valence-corrected chi connectivity index (χ4v) is 3.35. The van der Waals surface area contributed by atoms with Gasteiger partial charge < -0.3 is 20.6 Å². The number of nitrogens with one attached hydrogen (secondary N) is 2. The highest BCUT2D eigenvalue weighted by atomic mass is 16.3. The molecule has 1 aliphatic carbocycles. The van der Waals surface area contributed by atoms with Crippen LogP contribution in [0.15, 0.2) is 18.5 Å². The molecule has 23 heavy (non-hydrogen) atoms. The second kappa shape index (κ2) is 6.99. The zero-order valence-corrected chi connectivity index (χ0v) is 13.0. The minimum atomic E-state index is -0.547. The smallest absolute Gasteiger partial charge is 0.317 e. The first-order valence-corrected chi connectivity index (χ1v) is 8.09. The van der Waals surface area contributed by atoms with Gasteiger partial charge in [0.25, 0.3) is 0 Å².